The van der Waals surface area contributed by atoms with E-state index in [9.17, 15) is 33.3 Å². The van der Waals surface area contributed by atoms with Gasteiger partial charge in [0.05, 0.1) is 23.9 Å². The number of carbonyl (C=O) groups is 1. The summed E-state index contributed by atoms with van der Waals surface area (Å²) in [7, 11) is 0. The van der Waals surface area contributed by atoms with Gasteiger partial charge in [0, 0.05) is 18.8 Å². The average Bonchev–Trinajstić information content (AvgIpc) is 3.04. The van der Waals surface area contributed by atoms with Crippen LogP contribution in [0.5, 0.6) is 5.75 Å². The van der Waals surface area contributed by atoms with Crippen molar-refractivity contribution >= 4 is 5.97 Å². The summed E-state index contributed by atoms with van der Waals surface area (Å²) in [6.07, 6.45) is 2.09. The molecule has 0 spiro atoms. The number of rotatable bonds is 12. The van der Waals surface area contributed by atoms with Crippen LogP contribution in [0.4, 0.5) is 13.2 Å². The number of carbonyl (C=O) groups excluding carboxylic acids is 1. The number of ether oxygens (including phenoxy) is 2. The zero-order valence-electron chi connectivity index (χ0n) is 20.0. The van der Waals surface area contributed by atoms with E-state index in [-0.39, 0.29) is 42.7 Å². The van der Waals surface area contributed by atoms with Crippen molar-refractivity contribution in [2.45, 2.75) is 76.5 Å². The highest BCUT2D eigenvalue weighted by atomic mass is 19.4. The van der Waals surface area contributed by atoms with Crippen molar-refractivity contribution in [2.75, 3.05) is 6.61 Å². The van der Waals surface area contributed by atoms with E-state index in [1.54, 1.807) is 19.9 Å². The van der Waals surface area contributed by atoms with Crippen molar-refractivity contribution in [2.24, 2.45) is 11.8 Å². The average molecular weight is 501 g/mol. The van der Waals surface area contributed by atoms with Crippen LogP contribution in [0.2, 0.25) is 0 Å². The summed E-state index contributed by atoms with van der Waals surface area (Å²) in [5.74, 6) is -0.883. The van der Waals surface area contributed by atoms with E-state index in [0.717, 1.165) is 12.1 Å². The molecule has 1 aliphatic carbocycles. The van der Waals surface area contributed by atoms with E-state index in [0.29, 0.717) is 25.7 Å². The maximum atomic E-state index is 12.8. The van der Waals surface area contributed by atoms with Crippen LogP contribution in [0.15, 0.2) is 48.6 Å². The Hall–Kier alpha value is -2.36. The first kappa shape index (κ1) is 28.9. The molecule has 0 bridgehead atoms. The fraction of sp³-hybridized carbons (Fsp3) is 0.577. The van der Waals surface area contributed by atoms with Gasteiger partial charge in [-0.05, 0) is 57.2 Å². The zero-order chi connectivity index (χ0) is 26.0. The smallest absolute Gasteiger partial charge is 0.416 e. The number of unbranched alkanes of at least 4 members (excludes halogenated alkanes) is 1. The lowest BCUT2D eigenvalue weighted by molar-refractivity contribution is -0.147. The highest BCUT2D eigenvalue weighted by molar-refractivity contribution is 5.69. The fourth-order valence-electron chi connectivity index (χ4n) is 4.02. The van der Waals surface area contributed by atoms with Crippen LogP contribution in [0.3, 0.4) is 0 Å². The van der Waals surface area contributed by atoms with E-state index >= 15 is 0 Å². The molecule has 1 saturated carbocycles. The number of allylic oxidation sites excluding steroid dienone is 2. The molecule has 35 heavy (non-hydrogen) atoms. The Morgan fingerprint density at radius 3 is 2.63 bits per heavy atom. The molecular weight excluding hydrogens is 465 g/mol. The highest BCUT2D eigenvalue weighted by Crippen LogP contribution is 2.36. The van der Waals surface area contributed by atoms with Crippen molar-refractivity contribution in [3.8, 4) is 5.75 Å². The van der Waals surface area contributed by atoms with Crippen molar-refractivity contribution in [3.05, 3.63) is 54.1 Å². The number of aliphatic hydroxyl groups excluding tert-OH is 3. The summed E-state index contributed by atoms with van der Waals surface area (Å²) in [5.41, 5.74) is -0.838. The Morgan fingerprint density at radius 2 is 1.94 bits per heavy atom. The van der Waals surface area contributed by atoms with Gasteiger partial charge in [-0.25, -0.2) is 0 Å². The van der Waals surface area contributed by atoms with Gasteiger partial charge in [-0.1, -0.05) is 30.4 Å². The van der Waals surface area contributed by atoms with Crippen LogP contribution < -0.4 is 4.74 Å². The Labute approximate surface area is 204 Å². The predicted molar refractivity (Wildman–Crippen MR) is 125 cm³/mol. The largest absolute Gasteiger partial charge is 0.491 e. The third kappa shape index (κ3) is 10.0. The van der Waals surface area contributed by atoms with Crippen LogP contribution in [0.1, 0.15) is 51.5 Å². The van der Waals surface area contributed by atoms with Crippen molar-refractivity contribution < 1.29 is 42.8 Å². The molecule has 0 radical (unpaired) electrons. The first-order valence-corrected chi connectivity index (χ1v) is 11.8. The first-order chi connectivity index (χ1) is 16.5. The van der Waals surface area contributed by atoms with E-state index in [1.165, 1.54) is 18.2 Å². The molecule has 0 heterocycles. The second-order valence-corrected chi connectivity index (χ2v) is 9.04. The van der Waals surface area contributed by atoms with Gasteiger partial charge < -0.3 is 24.8 Å². The number of benzene rings is 1. The molecule has 3 N–H and O–H groups in total. The molecule has 1 fully saturated rings. The number of esters is 1. The minimum Gasteiger partial charge on any atom is -0.491 e. The normalized spacial score (nSPS) is 23.9. The molecule has 0 saturated heterocycles. The summed E-state index contributed by atoms with van der Waals surface area (Å²) < 4.78 is 48.8. The molecule has 2 rings (SSSR count). The Kier molecular flexibility index (Phi) is 11.3. The maximum absolute atomic E-state index is 12.8. The monoisotopic (exact) mass is 500 g/mol. The van der Waals surface area contributed by atoms with Gasteiger partial charge in [0.15, 0.2) is 0 Å². The van der Waals surface area contributed by atoms with Crippen LogP contribution in [0.25, 0.3) is 0 Å². The van der Waals surface area contributed by atoms with E-state index in [2.05, 4.69) is 0 Å². The molecule has 196 valence electrons. The molecule has 1 aliphatic rings. The standard InChI is InChI=1S/C26H35F3O6/c1-17(2)35-25(33)11-6-4-3-5-10-21-22(24(32)15-23(21)31)13-12-19(30)16-34-20-9-7-8-18(14-20)26(27,28)29/h3,5,7-9,12-14,17,19,21-24,30-32H,4,6,10-11,15-16H2,1-2H3/b5-3+,13-12+/t19-,21-,22+,23+,24-/m0/s1. The van der Waals surface area contributed by atoms with Gasteiger partial charge in [0.25, 0.3) is 0 Å². The van der Waals surface area contributed by atoms with Gasteiger partial charge in [-0.2, -0.15) is 13.2 Å². The zero-order valence-corrected chi connectivity index (χ0v) is 20.0. The van der Waals surface area contributed by atoms with E-state index in [4.69, 9.17) is 9.47 Å². The molecular formula is C26H35F3O6. The molecule has 1 aromatic rings. The van der Waals surface area contributed by atoms with Crippen LogP contribution in [-0.2, 0) is 15.7 Å². The molecule has 0 amide bonds. The van der Waals surface area contributed by atoms with Crippen molar-refractivity contribution in [3.63, 3.8) is 0 Å². The third-order valence-electron chi connectivity index (χ3n) is 5.75. The second kappa shape index (κ2) is 13.7. The Morgan fingerprint density at radius 1 is 1.20 bits per heavy atom. The second-order valence-electron chi connectivity index (χ2n) is 9.04. The van der Waals surface area contributed by atoms with Gasteiger partial charge in [-0.3, -0.25) is 4.79 Å². The van der Waals surface area contributed by atoms with Crippen LogP contribution in [0, 0.1) is 11.8 Å². The minimum absolute atomic E-state index is 0.0101. The SMILES string of the molecule is CC(C)OC(=O)CCC/C=C/C[C@H]1[C@@H](/C=C/[C@H](O)COc2cccc(C(F)(F)F)c2)[C@@H](O)C[C@H]1O. The molecule has 0 aromatic heterocycles. The third-order valence-corrected chi connectivity index (χ3v) is 5.75. The first-order valence-electron chi connectivity index (χ1n) is 11.8. The lowest BCUT2D eigenvalue weighted by Crippen LogP contribution is -2.21. The quantitative estimate of drug-likeness (QED) is 0.223. The Bertz CT molecular complexity index is 852. The van der Waals surface area contributed by atoms with Crippen LogP contribution in [-0.4, -0.2) is 52.3 Å². The molecule has 5 atom stereocenters. The highest BCUT2D eigenvalue weighted by Gasteiger charge is 2.39. The summed E-state index contributed by atoms with van der Waals surface area (Å²) in [5, 5.41) is 30.8. The number of halogens is 3. The van der Waals surface area contributed by atoms with Gasteiger partial charge in [0.2, 0.25) is 0 Å². The molecule has 0 aliphatic heterocycles. The minimum atomic E-state index is -4.49. The van der Waals surface area contributed by atoms with Gasteiger partial charge >= 0.3 is 12.1 Å². The fourth-order valence-corrected chi connectivity index (χ4v) is 4.02. The number of hydrogen-bond acceptors (Lipinski definition) is 6. The van der Waals surface area contributed by atoms with E-state index in [1.807, 2.05) is 12.2 Å². The summed E-state index contributed by atoms with van der Waals surface area (Å²) in [6.45, 7) is 3.34. The lowest BCUT2D eigenvalue weighted by atomic mass is 9.89. The summed E-state index contributed by atoms with van der Waals surface area (Å²) in [6, 6.07) is 4.40. The molecule has 1 aromatic carbocycles. The maximum Gasteiger partial charge on any atom is 0.416 e. The number of alkyl halides is 3. The van der Waals surface area contributed by atoms with Gasteiger partial charge in [0.1, 0.15) is 18.5 Å². The van der Waals surface area contributed by atoms with Crippen molar-refractivity contribution in [1.82, 2.24) is 0 Å². The lowest BCUT2D eigenvalue weighted by Gasteiger charge is -2.19. The van der Waals surface area contributed by atoms with Crippen molar-refractivity contribution in [1.29, 1.82) is 0 Å². The number of hydrogen-bond donors (Lipinski definition) is 3. The number of aliphatic hydroxyl groups is 3. The van der Waals surface area contributed by atoms with Gasteiger partial charge in [-0.15, -0.1) is 0 Å². The molecule has 6 nitrogen and oxygen atoms in total. The predicted octanol–water partition coefficient (Wildman–Crippen LogP) is 4.43. The molecule has 0 unspecified atom stereocenters. The topological polar surface area (TPSA) is 96.2 Å². The van der Waals surface area contributed by atoms with Crippen LogP contribution >= 0.6 is 0 Å². The summed E-state index contributed by atoms with van der Waals surface area (Å²) >= 11 is 0. The van der Waals surface area contributed by atoms with E-state index < -0.39 is 30.1 Å². The Balaban J connectivity index is 1.82. The summed E-state index contributed by atoms with van der Waals surface area (Å²) in [4.78, 5) is 11.5. The molecule has 9 heteroatoms.